The fraction of sp³-hybridized carbons (Fsp3) is 0.0667. The lowest BCUT2D eigenvalue weighted by atomic mass is 9.96. The van der Waals surface area contributed by atoms with E-state index in [2.05, 4.69) is 15.6 Å². The average molecular weight is 248 g/mol. The highest BCUT2D eigenvalue weighted by Crippen LogP contribution is 2.34. The Morgan fingerprint density at radius 1 is 1.05 bits per heavy atom. The van der Waals surface area contributed by atoms with Crippen LogP contribution in [0.4, 0.5) is 5.69 Å². The molecule has 0 unspecified atom stereocenters. The molecule has 92 valence electrons. The Hall–Kier alpha value is -2.80. The van der Waals surface area contributed by atoms with Crippen LogP contribution in [0.3, 0.4) is 0 Å². The van der Waals surface area contributed by atoms with Crippen molar-refractivity contribution < 1.29 is 0 Å². The first-order valence-corrected chi connectivity index (χ1v) is 6.02. The Labute approximate surface area is 111 Å². The maximum Gasteiger partial charge on any atom is 0.210 e. The SMILES string of the molecule is N#CNC1=N[C@H](c2ccccc2)c2ccccc2N1. The van der Waals surface area contributed by atoms with Crippen molar-refractivity contribution in [2.75, 3.05) is 5.32 Å². The first-order valence-electron chi connectivity index (χ1n) is 6.02. The minimum atomic E-state index is -0.0884. The average Bonchev–Trinajstić information content (AvgIpc) is 2.48. The molecule has 3 rings (SSSR count). The second-order valence-electron chi connectivity index (χ2n) is 4.24. The topological polar surface area (TPSA) is 60.2 Å². The number of nitriles is 1. The normalized spacial score (nSPS) is 16.6. The molecule has 2 aromatic rings. The van der Waals surface area contributed by atoms with Gasteiger partial charge in [-0.05, 0) is 11.6 Å². The summed E-state index contributed by atoms with van der Waals surface area (Å²) in [6.07, 6.45) is 1.90. The second-order valence-corrected chi connectivity index (χ2v) is 4.24. The molecule has 1 aliphatic rings. The van der Waals surface area contributed by atoms with Gasteiger partial charge >= 0.3 is 0 Å². The van der Waals surface area contributed by atoms with Crippen LogP contribution < -0.4 is 10.6 Å². The van der Waals surface area contributed by atoms with Crippen LogP contribution in [0.25, 0.3) is 0 Å². The third kappa shape index (κ3) is 2.14. The van der Waals surface area contributed by atoms with E-state index in [9.17, 15) is 0 Å². The Morgan fingerprint density at radius 2 is 1.79 bits per heavy atom. The molecule has 0 aliphatic carbocycles. The quantitative estimate of drug-likeness (QED) is 0.602. The molecule has 0 saturated carbocycles. The maximum absolute atomic E-state index is 8.74. The number of fused-ring (bicyclic) bond motifs is 1. The van der Waals surface area contributed by atoms with Gasteiger partial charge in [0.05, 0.1) is 0 Å². The third-order valence-corrected chi connectivity index (χ3v) is 3.06. The maximum atomic E-state index is 8.74. The number of benzene rings is 2. The van der Waals surface area contributed by atoms with Gasteiger partial charge in [-0.2, -0.15) is 5.26 Å². The number of nitrogens with one attached hydrogen (secondary N) is 2. The number of hydrogen-bond acceptors (Lipinski definition) is 4. The van der Waals surface area contributed by atoms with Crippen LogP contribution in [0.5, 0.6) is 0 Å². The molecule has 0 bridgehead atoms. The van der Waals surface area contributed by atoms with E-state index >= 15 is 0 Å². The number of rotatable bonds is 1. The van der Waals surface area contributed by atoms with Crippen LogP contribution in [0, 0.1) is 11.5 Å². The van der Waals surface area contributed by atoms with Crippen molar-refractivity contribution >= 4 is 11.6 Å². The lowest BCUT2D eigenvalue weighted by Gasteiger charge is -2.24. The van der Waals surface area contributed by atoms with Gasteiger partial charge in [-0.25, -0.2) is 4.99 Å². The van der Waals surface area contributed by atoms with Gasteiger partial charge in [0.2, 0.25) is 5.96 Å². The summed E-state index contributed by atoms with van der Waals surface area (Å²) in [7, 11) is 0. The molecule has 0 amide bonds. The Bertz CT molecular complexity index is 655. The summed E-state index contributed by atoms with van der Waals surface area (Å²) in [5.74, 6) is 0.482. The summed E-state index contributed by atoms with van der Waals surface area (Å²) in [5, 5.41) is 14.4. The number of nitrogens with zero attached hydrogens (tertiary/aromatic N) is 2. The number of guanidine groups is 1. The van der Waals surface area contributed by atoms with Gasteiger partial charge in [0.1, 0.15) is 6.04 Å². The summed E-state index contributed by atoms with van der Waals surface area (Å²) < 4.78 is 0. The Balaban J connectivity index is 2.09. The fourth-order valence-corrected chi connectivity index (χ4v) is 2.21. The molecular weight excluding hydrogens is 236 g/mol. The predicted octanol–water partition coefficient (Wildman–Crippen LogP) is 2.63. The number of anilines is 1. The Kier molecular flexibility index (Phi) is 2.87. The van der Waals surface area contributed by atoms with Gasteiger partial charge in [0.15, 0.2) is 6.19 Å². The molecule has 1 heterocycles. The Morgan fingerprint density at radius 3 is 2.58 bits per heavy atom. The number of aliphatic imine (C=N–C) groups is 1. The zero-order valence-electron chi connectivity index (χ0n) is 10.2. The van der Waals surface area contributed by atoms with E-state index in [1.165, 1.54) is 0 Å². The lowest BCUT2D eigenvalue weighted by molar-refractivity contribution is 0.852. The van der Waals surface area contributed by atoms with Crippen molar-refractivity contribution in [1.82, 2.24) is 5.32 Å². The van der Waals surface area contributed by atoms with E-state index in [-0.39, 0.29) is 6.04 Å². The van der Waals surface area contributed by atoms with E-state index in [1.54, 1.807) is 0 Å². The standard InChI is InChI=1S/C15H12N4/c16-10-17-15-18-13-9-5-4-8-12(13)14(19-15)11-6-2-1-3-7-11/h1-9,14H,(H2,17,18,19)/t14-/m1/s1. The van der Waals surface area contributed by atoms with Crippen LogP contribution >= 0.6 is 0 Å². The molecule has 19 heavy (non-hydrogen) atoms. The molecule has 4 nitrogen and oxygen atoms in total. The molecule has 2 aromatic carbocycles. The van der Waals surface area contributed by atoms with E-state index in [1.807, 2.05) is 60.8 Å². The molecule has 2 N–H and O–H groups in total. The molecule has 4 heteroatoms. The fourth-order valence-electron chi connectivity index (χ4n) is 2.21. The van der Waals surface area contributed by atoms with Crippen molar-refractivity contribution in [3.05, 3.63) is 65.7 Å². The largest absolute Gasteiger partial charge is 0.325 e. The molecule has 0 spiro atoms. The molecule has 0 fully saturated rings. The minimum absolute atomic E-state index is 0.0884. The summed E-state index contributed by atoms with van der Waals surface area (Å²) >= 11 is 0. The number of hydrogen-bond donors (Lipinski definition) is 2. The third-order valence-electron chi connectivity index (χ3n) is 3.06. The summed E-state index contributed by atoms with van der Waals surface area (Å²) in [6, 6.07) is 18.0. The molecule has 0 aromatic heterocycles. The summed E-state index contributed by atoms with van der Waals surface area (Å²) in [6.45, 7) is 0. The summed E-state index contributed by atoms with van der Waals surface area (Å²) in [5.41, 5.74) is 3.19. The van der Waals surface area contributed by atoms with Gasteiger partial charge in [0, 0.05) is 11.3 Å². The molecule has 1 aliphatic heterocycles. The highest BCUT2D eigenvalue weighted by Gasteiger charge is 2.22. The number of para-hydroxylation sites is 1. The zero-order valence-corrected chi connectivity index (χ0v) is 10.2. The first kappa shape index (κ1) is 11.3. The first-order chi connectivity index (χ1) is 9.38. The van der Waals surface area contributed by atoms with Crippen LogP contribution in [-0.2, 0) is 0 Å². The van der Waals surface area contributed by atoms with Gasteiger partial charge in [-0.1, -0.05) is 48.5 Å². The monoisotopic (exact) mass is 248 g/mol. The van der Waals surface area contributed by atoms with Gasteiger partial charge < -0.3 is 5.32 Å². The van der Waals surface area contributed by atoms with Crippen molar-refractivity contribution in [2.45, 2.75) is 6.04 Å². The predicted molar refractivity (Wildman–Crippen MR) is 74.5 cm³/mol. The van der Waals surface area contributed by atoms with Crippen molar-refractivity contribution in [1.29, 1.82) is 5.26 Å². The van der Waals surface area contributed by atoms with Crippen LogP contribution in [0.2, 0.25) is 0 Å². The molecule has 0 radical (unpaired) electrons. The summed E-state index contributed by atoms with van der Waals surface area (Å²) in [4.78, 5) is 4.56. The minimum Gasteiger partial charge on any atom is -0.325 e. The van der Waals surface area contributed by atoms with E-state index in [4.69, 9.17) is 5.26 Å². The van der Waals surface area contributed by atoms with E-state index < -0.39 is 0 Å². The zero-order chi connectivity index (χ0) is 13.1. The molecular formula is C15H12N4. The molecule has 0 saturated heterocycles. The van der Waals surface area contributed by atoms with Crippen molar-refractivity contribution in [3.8, 4) is 6.19 Å². The van der Waals surface area contributed by atoms with Crippen molar-refractivity contribution in [2.24, 2.45) is 4.99 Å². The van der Waals surface area contributed by atoms with E-state index in [0.717, 1.165) is 16.8 Å². The van der Waals surface area contributed by atoms with Gasteiger partial charge in [-0.3, -0.25) is 5.32 Å². The van der Waals surface area contributed by atoms with Gasteiger partial charge in [-0.15, -0.1) is 0 Å². The second kappa shape index (κ2) is 4.83. The van der Waals surface area contributed by atoms with Crippen LogP contribution in [-0.4, -0.2) is 5.96 Å². The highest BCUT2D eigenvalue weighted by atomic mass is 15.2. The van der Waals surface area contributed by atoms with Crippen LogP contribution in [0.15, 0.2) is 59.6 Å². The lowest BCUT2D eigenvalue weighted by Crippen LogP contribution is -2.31. The van der Waals surface area contributed by atoms with Gasteiger partial charge in [0.25, 0.3) is 0 Å². The molecule has 1 atom stereocenters. The smallest absolute Gasteiger partial charge is 0.210 e. The van der Waals surface area contributed by atoms with E-state index in [0.29, 0.717) is 5.96 Å². The highest BCUT2D eigenvalue weighted by molar-refractivity contribution is 5.97. The van der Waals surface area contributed by atoms with Crippen LogP contribution in [0.1, 0.15) is 17.2 Å². The van der Waals surface area contributed by atoms with Crippen molar-refractivity contribution in [3.63, 3.8) is 0 Å².